The topological polar surface area (TPSA) is 128 Å². The number of esters is 1. The third-order valence-electron chi connectivity index (χ3n) is 6.36. The zero-order valence-corrected chi connectivity index (χ0v) is 27.0. The number of nitrogens with two attached hydrogens (primary N) is 1. The lowest BCUT2D eigenvalue weighted by molar-refractivity contribution is 0.0496. The minimum atomic E-state index is -0.388. The van der Waals surface area contributed by atoms with Crippen molar-refractivity contribution in [2.75, 3.05) is 41.7 Å². The third kappa shape index (κ3) is 10.9. The second-order valence-electron chi connectivity index (χ2n) is 9.16. The van der Waals surface area contributed by atoms with Crippen LogP contribution in [-0.2, 0) is 11.3 Å². The summed E-state index contributed by atoms with van der Waals surface area (Å²) in [7, 11) is 6.09. The van der Waals surface area contributed by atoms with E-state index in [0.29, 0.717) is 59.6 Å². The fourth-order valence-corrected chi connectivity index (χ4v) is 4.06. The lowest BCUT2D eigenvalue weighted by Gasteiger charge is -2.13. The molecule has 0 radical (unpaired) electrons. The lowest BCUT2D eigenvalue weighted by Crippen LogP contribution is -2.08. The molecule has 0 aliphatic heterocycles. The van der Waals surface area contributed by atoms with Gasteiger partial charge in [0.1, 0.15) is 0 Å². The van der Waals surface area contributed by atoms with E-state index in [0.717, 1.165) is 36.9 Å². The van der Waals surface area contributed by atoms with Gasteiger partial charge in [0.2, 0.25) is 5.75 Å². The molecule has 240 valence electrons. The van der Waals surface area contributed by atoms with Crippen LogP contribution in [0.3, 0.4) is 0 Å². The first kappa shape index (κ1) is 38.0. The van der Waals surface area contributed by atoms with Crippen LogP contribution < -0.4 is 29.4 Å². The highest BCUT2D eigenvalue weighted by Gasteiger charge is 2.16. The fourth-order valence-electron chi connectivity index (χ4n) is 4.06. The molecule has 0 aliphatic rings. The van der Waals surface area contributed by atoms with Crippen molar-refractivity contribution in [3.63, 3.8) is 0 Å². The molecule has 0 atom stereocenters. The number of allylic oxidation sites excluding steroid dienone is 1. The van der Waals surface area contributed by atoms with Crippen LogP contribution in [0.5, 0.6) is 28.7 Å². The van der Waals surface area contributed by atoms with Gasteiger partial charge in [-0.15, -0.1) is 24.8 Å². The Morgan fingerprint density at radius 2 is 1.41 bits per heavy atom. The summed E-state index contributed by atoms with van der Waals surface area (Å²) in [6.45, 7) is 1.16. The van der Waals surface area contributed by atoms with E-state index < -0.39 is 0 Å². The normalized spacial score (nSPS) is 10.3. The summed E-state index contributed by atoms with van der Waals surface area (Å²) >= 11 is 0. The largest absolute Gasteiger partial charge is 0.493 e. The average Bonchev–Trinajstić information content (AvgIpc) is 3.03. The van der Waals surface area contributed by atoms with Crippen LogP contribution in [0.4, 0.5) is 0 Å². The number of methoxy groups -OCH3 is 4. The molecule has 1 aromatic heterocycles. The van der Waals surface area contributed by atoms with Gasteiger partial charge in [-0.05, 0) is 73.7 Å². The van der Waals surface area contributed by atoms with E-state index in [1.165, 1.54) is 33.6 Å². The zero-order chi connectivity index (χ0) is 30.3. The molecule has 2 aromatic carbocycles. The number of hydrogen-bond acceptors (Lipinski definition) is 10. The molecule has 10 nitrogen and oxygen atoms in total. The van der Waals surface area contributed by atoms with Crippen molar-refractivity contribution >= 4 is 42.6 Å². The highest BCUT2D eigenvalue weighted by Crippen LogP contribution is 2.38. The van der Waals surface area contributed by atoms with Crippen LogP contribution in [0.15, 0.2) is 54.7 Å². The Morgan fingerprint density at radius 1 is 0.750 bits per heavy atom. The number of ether oxygens (including phenoxy) is 6. The number of nitrogens with zero attached hydrogens (tertiary/aromatic N) is 1. The standard InChI is InChI=1S/C32H38N2O8.2ClH/c1-37-27-14-10-22(9-13-26(35)24-18-29(38-2)31(40-4)30(19-24)39-3)17-28(27)41-15-7-5-6-8-16-42-32(36)23-11-12-25(20-33)34-21-23;;/h9-14,17-19,21H,5-8,15-16,20,33H2,1-4H3;2*1H/b13-9+;;. The van der Waals surface area contributed by atoms with Gasteiger partial charge in [0.15, 0.2) is 28.8 Å². The number of ketones is 1. The molecule has 12 heteroatoms. The molecule has 0 unspecified atom stereocenters. The van der Waals surface area contributed by atoms with Crippen molar-refractivity contribution < 1.29 is 38.0 Å². The molecule has 0 spiro atoms. The number of carbonyl (C=O) groups is 2. The molecule has 1 heterocycles. The third-order valence-corrected chi connectivity index (χ3v) is 6.36. The smallest absolute Gasteiger partial charge is 0.339 e. The van der Waals surface area contributed by atoms with Gasteiger partial charge in [0.05, 0.1) is 52.9 Å². The van der Waals surface area contributed by atoms with Gasteiger partial charge < -0.3 is 34.2 Å². The first-order valence-corrected chi connectivity index (χ1v) is 13.6. The molecule has 0 amide bonds. The second-order valence-corrected chi connectivity index (χ2v) is 9.16. The van der Waals surface area contributed by atoms with Crippen molar-refractivity contribution in [2.24, 2.45) is 5.73 Å². The van der Waals surface area contributed by atoms with Crippen molar-refractivity contribution in [1.82, 2.24) is 4.98 Å². The minimum absolute atomic E-state index is 0. The Bertz CT molecular complexity index is 1340. The second kappa shape index (κ2) is 20.1. The molecule has 0 saturated heterocycles. The number of aromatic nitrogens is 1. The summed E-state index contributed by atoms with van der Waals surface area (Å²) < 4.78 is 32.7. The number of pyridine rings is 1. The van der Waals surface area contributed by atoms with Crippen molar-refractivity contribution in [2.45, 2.75) is 32.2 Å². The number of unbranched alkanes of at least 4 members (excludes halogenated alkanes) is 3. The fraction of sp³-hybridized carbons (Fsp3) is 0.344. The van der Waals surface area contributed by atoms with Gasteiger partial charge in [0, 0.05) is 18.3 Å². The molecule has 44 heavy (non-hydrogen) atoms. The summed E-state index contributed by atoms with van der Waals surface area (Å²) in [5, 5.41) is 0. The summed E-state index contributed by atoms with van der Waals surface area (Å²) in [6, 6.07) is 12.1. The molecule has 0 aliphatic carbocycles. The summed E-state index contributed by atoms with van der Waals surface area (Å²) in [5.74, 6) is 1.80. The van der Waals surface area contributed by atoms with Crippen LogP contribution in [0.25, 0.3) is 6.08 Å². The first-order valence-electron chi connectivity index (χ1n) is 13.6. The highest BCUT2D eigenvalue weighted by molar-refractivity contribution is 6.07. The number of halogens is 2. The molecular weight excluding hydrogens is 611 g/mol. The molecule has 0 fully saturated rings. The quantitative estimate of drug-likeness (QED) is 0.0790. The maximum atomic E-state index is 12.9. The predicted octanol–water partition coefficient (Wildman–Crippen LogP) is 6.11. The molecule has 3 aromatic rings. The Labute approximate surface area is 270 Å². The molecule has 3 rings (SSSR count). The van der Waals surface area contributed by atoms with E-state index in [1.807, 2.05) is 12.1 Å². The SMILES string of the molecule is COc1ccc(/C=C/C(=O)c2cc(OC)c(OC)c(OC)c2)cc1OCCCCCCOC(=O)c1ccc(CN)nc1.Cl.Cl. The van der Waals surface area contributed by atoms with Crippen LogP contribution in [0.2, 0.25) is 0 Å². The summed E-state index contributed by atoms with van der Waals surface area (Å²) in [5.41, 5.74) is 7.84. The number of carbonyl (C=O) groups excluding carboxylic acids is 2. The number of rotatable bonds is 17. The van der Waals surface area contributed by atoms with Gasteiger partial charge in [-0.1, -0.05) is 12.1 Å². The maximum absolute atomic E-state index is 12.9. The highest BCUT2D eigenvalue weighted by atomic mass is 35.5. The average molecular weight is 652 g/mol. The zero-order valence-electron chi connectivity index (χ0n) is 25.3. The van der Waals surface area contributed by atoms with Crippen molar-refractivity contribution in [3.8, 4) is 28.7 Å². The lowest BCUT2D eigenvalue weighted by atomic mass is 10.1. The van der Waals surface area contributed by atoms with E-state index in [1.54, 1.807) is 43.5 Å². The van der Waals surface area contributed by atoms with Gasteiger partial charge >= 0.3 is 5.97 Å². The van der Waals surface area contributed by atoms with E-state index in [2.05, 4.69) is 4.98 Å². The monoisotopic (exact) mass is 650 g/mol. The van der Waals surface area contributed by atoms with Crippen LogP contribution in [0, 0.1) is 0 Å². The van der Waals surface area contributed by atoms with E-state index in [9.17, 15) is 9.59 Å². The predicted molar refractivity (Wildman–Crippen MR) is 173 cm³/mol. The first-order chi connectivity index (χ1) is 20.4. The van der Waals surface area contributed by atoms with E-state index in [-0.39, 0.29) is 36.6 Å². The van der Waals surface area contributed by atoms with Crippen molar-refractivity contribution in [3.05, 3.63) is 77.1 Å². The van der Waals surface area contributed by atoms with Gasteiger partial charge in [-0.3, -0.25) is 9.78 Å². The van der Waals surface area contributed by atoms with Crippen LogP contribution in [0.1, 0.15) is 57.7 Å². The van der Waals surface area contributed by atoms with E-state index in [4.69, 9.17) is 34.2 Å². The Hall–Kier alpha value is -3.99. The number of hydrogen-bond donors (Lipinski definition) is 1. The van der Waals surface area contributed by atoms with Gasteiger partial charge in [0.25, 0.3) is 0 Å². The van der Waals surface area contributed by atoms with Gasteiger partial charge in [-0.25, -0.2) is 4.79 Å². The molecule has 0 saturated carbocycles. The minimum Gasteiger partial charge on any atom is -0.493 e. The Morgan fingerprint density at radius 3 is 1.98 bits per heavy atom. The van der Waals surface area contributed by atoms with E-state index >= 15 is 0 Å². The molecule has 0 bridgehead atoms. The Balaban J connectivity index is 0.00000484. The number of benzene rings is 2. The van der Waals surface area contributed by atoms with Crippen molar-refractivity contribution in [1.29, 1.82) is 0 Å². The summed E-state index contributed by atoms with van der Waals surface area (Å²) in [4.78, 5) is 29.1. The Kier molecular flexibility index (Phi) is 17.3. The molecular formula is C32H40Cl2N2O8. The summed E-state index contributed by atoms with van der Waals surface area (Å²) in [6.07, 6.45) is 8.05. The maximum Gasteiger partial charge on any atom is 0.339 e. The molecule has 2 N–H and O–H groups in total. The van der Waals surface area contributed by atoms with Crippen LogP contribution >= 0.6 is 24.8 Å². The van der Waals surface area contributed by atoms with Crippen LogP contribution in [-0.4, -0.2) is 58.4 Å². The van der Waals surface area contributed by atoms with Gasteiger partial charge in [-0.2, -0.15) is 0 Å².